The van der Waals surface area contributed by atoms with Crippen LogP contribution in [0.4, 0.5) is 0 Å². The fourth-order valence-corrected chi connectivity index (χ4v) is 2.13. The van der Waals surface area contributed by atoms with Gasteiger partial charge in [0.15, 0.2) is 0 Å². The lowest BCUT2D eigenvalue weighted by Gasteiger charge is -2.12. The highest BCUT2D eigenvalue weighted by molar-refractivity contribution is 5.43. The number of rotatable bonds is 4. The third kappa shape index (κ3) is 2.97. The number of hydrogen-bond donors (Lipinski definition) is 1. The first-order valence-electron chi connectivity index (χ1n) is 5.96. The molecule has 1 aliphatic rings. The third-order valence-corrected chi connectivity index (χ3v) is 3.08. The zero-order chi connectivity index (χ0) is 12.4. The Morgan fingerprint density at radius 3 is 2.82 bits per heavy atom. The van der Waals surface area contributed by atoms with Gasteiger partial charge in [-0.05, 0) is 49.8 Å². The minimum absolute atomic E-state index is 0.720. The lowest BCUT2D eigenvalue weighted by atomic mass is 10.0. The minimum Gasteiger partial charge on any atom is -0.492 e. The van der Waals surface area contributed by atoms with Gasteiger partial charge in [0.05, 0.1) is 0 Å². The molecule has 0 aliphatic carbocycles. The van der Waals surface area contributed by atoms with Crippen molar-refractivity contribution in [3.05, 3.63) is 28.8 Å². The SMILES string of the molecule is Cc1cc(OCCN(C)C)cc2c1CN(N)C2. The molecule has 94 valence electrons. The van der Waals surface area contributed by atoms with Gasteiger partial charge in [-0.25, -0.2) is 5.01 Å². The number of nitrogens with zero attached hydrogens (tertiary/aromatic N) is 2. The molecule has 1 aliphatic heterocycles. The second kappa shape index (κ2) is 5.04. The average molecular weight is 235 g/mol. The summed E-state index contributed by atoms with van der Waals surface area (Å²) in [5.74, 6) is 6.79. The first kappa shape index (κ1) is 12.4. The van der Waals surface area contributed by atoms with Gasteiger partial charge in [0.2, 0.25) is 0 Å². The number of fused-ring (bicyclic) bond motifs is 1. The van der Waals surface area contributed by atoms with Gasteiger partial charge in [0.1, 0.15) is 12.4 Å². The Hall–Kier alpha value is -1.10. The molecule has 1 aromatic carbocycles. The van der Waals surface area contributed by atoms with E-state index < -0.39 is 0 Å². The molecule has 0 bridgehead atoms. The van der Waals surface area contributed by atoms with Crippen LogP contribution in [0.15, 0.2) is 12.1 Å². The summed E-state index contributed by atoms with van der Waals surface area (Å²) in [7, 11) is 4.09. The summed E-state index contributed by atoms with van der Waals surface area (Å²) in [6, 6.07) is 4.22. The molecule has 0 unspecified atom stereocenters. The van der Waals surface area contributed by atoms with Crippen molar-refractivity contribution >= 4 is 0 Å². The van der Waals surface area contributed by atoms with Crippen LogP contribution in [-0.2, 0) is 13.1 Å². The van der Waals surface area contributed by atoms with Crippen molar-refractivity contribution in [3.8, 4) is 5.75 Å². The zero-order valence-corrected chi connectivity index (χ0v) is 10.9. The number of nitrogens with two attached hydrogens (primary N) is 1. The summed E-state index contributed by atoms with van der Waals surface area (Å²) in [6.45, 7) is 5.44. The summed E-state index contributed by atoms with van der Waals surface area (Å²) in [5, 5.41) is 1.83. The van der Waals surface area contributed by atoms with Gasteiger partial charge in [-0.1, -0.05) is 0 Å². The molecule has 0 spiro atoms. The first-order valence-corrected chi connectivity index (χ1v) is 5.96. The Bertz CT molecular complexity index is 404. The van der Waals surface area contributed by atoms with Gasteiger partial charge in [0.25, 0.3) is 0 Å². The predicted octanol–water partition coefficient (Wildman–Crippen LogP) is 1.12. The van der Waals surface area contributed by atoms with Crippen LogP contribution in [0.25, 0.3) is 0 Å². The number of hydrazine groups is 1. The summed E-state index contributed by atoms with van der Waals surface area (Å²) >= 11 is 0. The molecule has 4 heteroatoms. The van der Waals surface area contributed by atoms with Crippen molar-refractivity contribution in [2.75, 3.05) is 27.2 Å². The second-order valence-electron chi connectivity index (χ2n) is 4.93. The number of aryl methyl sites for hydroxylation is 1. The van der Waals surface area contributed by atoms with Crippen LogP contribution in [0, 0.1) is 6.92 Å². The highest BCUT2D eigenvalue weighted by Gasteiger charge is 2.19. The molecule has 1 aromatic rings. The highest BCUT2D eigenvalue weighted by Crippen LogP contribution is 2.28. The van der Waals surface area contributed by atoms with E-state index in [2.05, 4.69) is 24.0 Å². The Morgan fingerprint density at radius 2 is 2.12 bits per heavy atom. The van der Waals surface area contributed by atoms with Crippen LogP contribution in [0.2, 0.25) is 0 Å². The van der Waals surface area contributed by atoms with Crippen LogP contribution >= 0.6 is 0 Å². The molecule has 0 amide bonds. The highest BCUT2D eigenvalue weighted by atomic mass is 16.5. The molecule has 17 heavy (non-hydrogen) atoms. The molecule has 2 N–H and O–H groups in total. The van der Waals surface area contributed by atoms with Crippen molar-refractivity contribution in [1.29, 1.82) is 0 Å². The van der Waals surface area contributed by atoms with E-state index in [4.69, 9.17) is 10.6 Å². The van der Waals surface area contributed by atoms with Gasteiger partial charge in [-0.15, -0.1) is 0 Å². The van der Waals surface area contributed by atoms with Gasteiger partial charge < -0.3 is 9.64 Å². The number of ether oxygens (including phenoxy) is 1. The summed E-state index contributed by atoms with van der Waals surface area (Å²) in [6.07, 6.45) is 0. The average Bonchev–Trinajstić information content (AvgIpc) is 2.58. The summed E-state index contributed by atoms with van der Waals surface area (Å²) in [4.78, 5) is 2.11. The lowest BCUT2D eigenvalue weighted by Crippen LogP contribution is -2.23. The number of likely N-dealkylation sites (N-methyl/N-ethyl adjacent to an activating group) is 1. The molecular formula is C13H21N3O. The Labute approximate surface area is 103 Å². The second-order valence-corrected chi connectivity index (χ2v) is 4.93. The maximum Gasteiger partial charge on any atom is 0.119 e. The first-order chi connectivity index (χ1) is 8.06. The van der Waals surface area contributed by atoms with Gasteiger partial charge >= 0.3 is 0 Å². The van der Waals surface area contributed by atoms with E-state index in [1.807, 2.05) is 19.1 Å². The smallest absolute Gasteiger partial charge is 0.119 e. The molecule has 0 radical (unpaired) electrons. The maximum absolute atomic E-state index is 5.83. The Morgan fingerprint density at radius 1 is 1.35 bits per heavy atom. The Kier molecular flexibility index (Phi) is 3.66. The Balaban J connectivity index is 2.05. The quantitative estimate of drug-likeness (QED) is 0.794. The van der Waals surface area contributed by atoms with Crippen LogP contribution in [0.3, 0.4) is 0 Å². The van der Waals surface area contributed by atoms with Gasteiger partial charge in [-0.3, -0.25) is 5.84 Å². The van der Waals surface area contributed by atoms with Crippen molar-refractivity contribution in [3.63, 3.8) is 0 Å². The van der Waals surface area contributed by atoms with Crippen molar-refractivity contribution in [2.24, 2.45) is 5.84 Å². The molecule has 4 nitrogen and oxygen atoms in total. The standard InChI is InChI=1S/C13H21N3O/c1-10-6-12(17-5-4-15(2)3)7-11-8-16(14)9-13(10)11/h6-7H,4-5,8-9,14H2,1-3H3. The summed E-state index contributed by atoms with van der Waals surface area (Å²) < 4.78 is 5.76. The normalized spacial score (nSPS) is 15.4. The van der Waals surface area contributed by atoms with Crippen LogP contribution in [0.5, 0.6) is 5.75 Å². The minimum atomic E-state index is 0.720. The van der Waals surface area contributed by atoms with E-state index in [9.17, 15) is 0 Å². The molecule has 0 saturated heterocycles. The number of benzene rings is 1. The molecule has 0 saturated carbocycles. The monoisotopic (exact) mass is 235 g/mol. The van der Waals surface area contributed by atoms with Crippen LogP contribution in [0.1, 0.15) is 16.7 Å². The van der Waals surface area contributed by atoms with E-state index in [1.54, 1.807) is 0 Å². The van der Waals surface area contributed by atoms with E-state index in [0.29, 0.717) is 0 Å². The van der Waals surface area contributed by atoms with Crippen molar-refractivity contribution in [1.82, 2.24) is 9.91 Å². The van der Waals surface area contributed by atoms with E-state index in [0.717, 1.165) is 32.0 Å². The molecular weight excluding hydrogens is 214 g/mol. The van der Waals surface area contributed by atoms with Crippen molar-refractivity contribution < 1.29 is 4.74 Å². The molecule has 0 aromatic heterocycles. The summed E-state index contributed by atoms with van der Waals surface area (Å²) in [5.41, 5.74) is 3.93. The maximum atomic E-state index is 5.83. The van der Waals surface area contributed by atoms with E-state index in [1.165, 1.54) is 16.7 Å². The fourth-order valence-electron chi connectivity index (χ4n) is 2.13. The molecule has 0 fully saturated rings. The molecule has 2 rings (SSSR count). The van der Waals surface area contributed by atoms with Gasteiger partial charge in [0, 0.05) is 19.6 Å². The van der Waals surface area contributed by atoms with Gasteiger partial charge in [-0.2, -0.15) is 0 Å². The zero-order valence-electron chi connectivity index (χ0n) is 10.9. The van der Waals surface area contributed by atoms with E-state index in [-0.39, 0.29) is 0 Å². The topological polar surface area (TPSA) is 41.7 Å². The fraction of sp³-hybridized carbons (Fsp3) is 0.538. The largest absolute Gasteiger partial charge is 0.492 e. The van der Waals surface area contributed by atoms with Crippen LogP contribution in [-0.4, -0.2) is 37.2 Å². The third-order valence-electron chi connectivity index (χ3n) is 3.08. The van der Waals surface area contributed by atoms with E-state index >= 15 is 0 Å². The van der Waals surface area contributed by atoms with Crippen LogP contribution < -0.4 is 10.6 Å². The molecule has 1 heterocycles. The number of hydrogen-bond acceptors (Lipinski definition) is 4. The predicted molar refractivity (Wildman–Crippen MR) is 68.7 cm³/mol. The molecule has 0 atom stereocenters. The van der Waals surface area contributed by atoms with Crippen molar-refractivity contribution in [2.45, 2.75) is 20.0 Å². The lowest BCUT2D eigenvalue weighted by molar-refractivity contribution is 0.261.